The summed E-state index contributed by atoms with van der Waals surface area (Å²) in [6, 6.07) is 9.56. The van der Waals surface area contributed by atoms with Gasteiger partial charge in [0.15, 0.2) is 0 Å². The number of halogens is 1. The molecule has 1 aromatic rings. The third-order valence-corrected chi connectivity index (χ3v) is 4.29. The number of nitrogens with one attached hydrogen (secondary N) is 1. The van der Waals surface area contributed by atoms with Gasteiger partial charge in [-0.2, -0.15) is 5.26 Å². The summed E-state index contributed by atoms with van der Waals surface area (Å²) in [6.07, 6.45) is 0. The van der Waals surface area contributed by atoms with Crippen LogP contribution in [0.3, 0.4) is 0 Å². The molecule has 1 heterocycles. The van der Waals surface area contributed by atoms with Crippen molar-refractivity contribution in [1.29, 1.82) is 5.26 Å². The number of benzene rings is 1. The summed E-state index contributed by atoms with van der Waals surface area (Å²) >= 11 is 6.32. The Labute approximate surface area is 135 Å². The molecule has 5 heteroatoms. The second kappa shape index (κ2) is 6.85. The van der Waals surface area contributed by atoms with E-state index in [-0.39, 0.29) is 12.6 Å². The van der Waals surface area contributed by atoms with Crippen LogP contribution in [0.1, 0.15) is 32.3 Å². The SMILES string of the molecule is CCOC(=O)C1=C(C)NC(C)C(C#N)C1c1ccccc1Cl. The molecule has 3 atom stereocenters. The second-order valence-corrected chi connectivity index (χ2v) is 5.75. The van der Waals surface area contributed by atoms with E-state index in [0.29, 0.717) is 10.6 Å². The fourth-order valence-electron chi connectivity index (χ4n) is 2.96. The molecule has 22 heavy (non-hydrogen) atoms. The zero-order valence-corrected chi connectivity index (χ0v) is 13.6. The first-order valence-corrected chi connectivity index (χ1v) is 7.67. The van der Waals surface area contributed by atoms with Crippen molar-refractivity contribution in [1.82, 2.24) is 5.32 Å². The summed E-state index contributed by atoms with van der Waals surface area (Å²) in [5.41, 5.74) is 2.01. The number of nitrogens with zero attached hydrogens (tertiary/aromatic N) is 1. The molecular formula is C17H19ClN2O2. The van der Waals surface area contributed by atoms with Gasteiger partial charge in [0.2, 0.25) is 0 Å². The zero-order valence-electron chi connectivity index (χ0n) is 12.9. The molecule has 1 aromatic carbocycles. The molecule has 0 aliphatic carbocycles. The Bertz CT molecular complexity index is 648. The first-order chi connectivity index (χ1) is 10.5. The second-order valence-electron chi connectivity index (χ2n) is 5.35. The maximum absolute atomic E-state index is 12.4. The van der Waals surface area contributed by atoms with Crippen molar-refractivity contribution in [3.8, 4) is 6.07 Å². The normalized spacial score (nSPS) is 24.4. The van der Waals surface area contributed by atoms with Gasteiger partial charge in [-0.3, -0.25) is 0 Å². The van der Waals surface area contributed by atoms with Crippen LogP contribution in [0.25, 0.3) is 0 Å². The van der Waals surface area contributed by atoms with Crippen molar-refractivity contribution < 1.29 is 9.53 Å². The number of ether oxygens (including phenoxy) is 1. The third-order valence-electron chi connectivity index (χ3n) is 3.94. The van der Waals surface area contributed by atoms with Crippen LogP contribution in [0.4, 0.5) is 0 Å². The van der Waals surface area contributed by atoms with Gasteiger partial charge in [0, 0.05) is 22.7 Å². The molecular weight excluding hydrogens is 300 g/mol. The molecule has 2 rings (SSSR count). The molecule has 1 aliphatic heterocycles. The minimum atomic E-state index is -0.400. The van der Waals surface area contributed by atoms with Gasteiger partial charge in [-0.15, -0.1) is 0 Å². The van der Waals surface area contributed by atoms with Crippen LogP contribution < -0.4 is 5.32 Å². The van der Waals surface area contributed by atoms with Crippen LogP contribution in [0.2, 0.25) is 5.02 Å². The van der Waals surface area contributed by atoms with Gasteiger partial charge in [0.1, 0.15) is 0 Å². The fourth-order valence-corrected chi connectivity index (χ4v) is 3.22. The molecule has 0 saturated carbocycles. The minimum absolute atomic E-state index is 0.0792. The Hall–Kier alpha value is -1.99. The summed E-state index contributed by atoms with van der Waals surface area (Å²) < 4.78 is 5.18. The number of carbonyl (C=O) groups is 1. The van der Waals surface area contributed by atoms with E-state index in [4.69, 9.17) is 16.3 Å². The number of nitriles is 1. The molecule has 3 unspecified atom stereocenters. The Morgan fingerprint density at radius 3 is 2.73 bits per heavy atom. The molecule has 1 N–H and O–H groups in total. The lowest BCUT2D eigenvalue weighted by Gasteiger charge is -2.36. The molecule has 0 amide bonds. The smallest absolute Gasteiger partial charge is 0.336 e. The largest absolute Gasteiger partial charge is 0.463 e. The lowest BCUT2D eigenvalue weighted by atomic mass is 9.74. The lowest BCUT2D eigenvalue weighted by Crippen LogP contribution is -2.43. The molecule has 0 spiro atoms. The predicted octanol–water partition coefficient (Wildman–Crippen LogP) is 3.39. The van der Waals surface area contributed by atoms with Crippen molar-refractivity contribution in [2.45, 2.75) is 32.7 Å². The number of allylic oxidation sites excluding steroid dienone is 1. The fraction of sp³-hybridized carbons (Fsp3) is 0.412. The molecule has 0 fully saturated rings. The van der Waals surface area contributed by atoms with E-state index < -0.39 is 17.8 Å². The Morgan fingerprint density at radius 2 is 2.14 bits per heavy atom. The zero-order chi connectivity index (χ0) is 16.3. The molecule has 0 saturated heterocycles. The molecule has 4 nitrogen and oxygen atoms in total. The predicted molar refractivity (Wildman–Crippen MR) is 85.2 cm³/mol. The van der Waals surface area contributed by atoms with E-state index in [1.54, 1.807) is 13.0 Å². The van der Waals surface area contributed by atoms with Crippen molar-refractivity contribution in [3.63, 3.8) is 0 Å². The molecule has 0 aromatic heterocycles. The summed E-state index contributed by atoms with van der Waals surface area (Å²) in [4.78, 5) is 12.4. The van der Waals surface area contributed by atoms with Gasteiger partial charge >= 0.3 is 5.97 Å². The number of esters is 1. The number of carbonyl (C=O) groups excluding carboxylic acids is 1. The maximum atomic E-state index is 12.4. The van der Waals surface area contributed by atoms with E-state index in [9.17, 15) is 10.1 Å². The van der Waals surface area contributed by atoms with Crippen LogP contribution in [0, 0.1) is 17.2 Å². The van der Waals surface area contributed by atoms with Crippen molar-refractivity contribution in [3.05, 3.63) is 46.1 Å². The number of rotatable bonds is 3. The average molecular weight is 319 g/mol. The average Bonchev–Trinajstić information content (AvgIpc) is 2.47. The minimum Gasteiger partial charge on any atom is -0.463 e. The van der Waals surface area contributed by atoms with Gasteiger partial charge in [0.05, 0.1) is 24.2 Å². The van der Waals surface area contributed by atoms with E-state index >= 15 is 0 Å². The summed E-state index contributed by atoms with van der Waals surface area (Å²) in [5, 5.41) is 13.3. The highest BCUT2D eigenvalue weighted by molar-refractivity contribution is 6.31. The van der Waals surface area contributed by atoms with Crippen molar-refractivity contribution in [2.24, 2.45) is 5.92 Å². The number of hydrogen-bond acceptors (Lipinski definition) is 4. The molecule has 1 aliphatic rings. The van der Waals surface area contributed by atoms with Gasteiger partial charge < -0.3 is 10.1 Å². The monoisotopic (exact) mass is 318 g/mol. The van der Waals surface area contributed by atoms with Crippen molar-refractivity contribution in [2.75, 3.05) is 6.61 Å². The van der Waals surface area contributed by atoms with Gasteiger partial charge in [0.25, 0.3) is 0 Å². The highest BCUT2D eigenvalue weighted by Gasteiger charge is 2.40. The molecule has 116 valence electrons. The van der Waals surface area contributed by atoms with Crippen LogP contribution in [-0.2, 0) is 9.53 Å². The van der Waals surface area contributed by atoms with E-state index in [1.165, 1.54) is 0 Å². The third kappa shape index (κ3) is 2.95. The highest BCUT2D eigenvalue weighted by atomic mass is 35.5. The number of hydrogen-bond donors (Lipinski definition) is 1. The van der Waals surface area contributed by atoms with Gasteiger partial charge in [-0.25, -0.2) is 4.79 Å². The Morgan fingerprint density at radius 1 is 1.45 bits per heavy atom. The van der Waals surface area contributed by atoms with Gasteiger partial charge in [-0.05, 0) is 32.4 Å². The lowest BCUT2D eigenvalue weighted by molar-refractivity contribution is -0.139. The summed E-state index contributed by atoms with van der Waals surface area (Å²) in [7, 11) is 0. The quantitative estimate of drug-likeness (QED) is 0.868. The Kier molecular flexibility index (Phi) is 5.10. The van der Waals surface area contributed by atoms with Crippen LogP contribution in [0.15, 0.2) is 35.5 Å². The van der Waals surface area contributed by atoms with E-state index in [1.807, 2.05) is 32.0 Å². The maximum Gasteiger partial charge on any atom is 0.336 e. The van der Waals surface area contributed by atoms with Gasteiger partial charge in [-0.1, -0.05) is 29.8 Å². The standard InChI is InChI=1S/C17H19ClN2O2/c1-4-22-17(21)15-11(3)20-10(2)13(9-19)16(15)12-7-5-6-8-14(12)18/h5-8,10,13,16,20H,4H2,1-3H3. The first kappa shape index (κ1) is 16.4. The Balaban J connectivity index is 2.61. The summed E-state index contributed by atoms with van der Waals surface area (Å²) in [5.74, 6) is -1.19. The van der Waals surface area contributed by atoms with E-state index in [2.05, 4.69) is 11.4 Å². The first-order valence-electron chi connectivity index (χ1n) is 7.29. The van der Waals surface area contributed by atoms with Crippen LogP contribution in [0.5, 0.6) is 0 Å². The van der Waals surface area contributed by atoms with Crippen molar-refractivity contribution >= 4 is 17.6 Å². The molecule has 0 radical (unpaired) electrons. The molecule has 0 bridgehead atoms. The van der Waals surface area contributed by atoms with E-state index in [0.717, 1.165) is 11.3 Å². The van der Waals surface area contributed by atoms with Crippen LogP contribution >= 0.6 is 11.6 Å². The van der Waals surface area contributed by atoms with Crippen LogP contribution in [-0.4, -0.2) is 18.6 Å². The topological polar surface area (TPSA) is 62.1 Å². The highest BCUT2D eigenvalue weighted by Crippen LogP contribution is 2.41. The summed E-state index contributed by atoms with van der Waals surface area (Å²) in [6.45, 7) is 5.82.